The fourth-order valence-corrected chi connectivity index (χ4v) is 1.88. The lowest BCUT2D eigenvalue weighted by atomic mass is 10.2. The van der Waals surface area contributed by atoms with Crippen LogP contribution in [0.5, 0.6) is 0 Å². The zero-order valence-electron chi connectivity index (χ0n) is 11.5. The van der Waals surface area contributed by atoms with Crippen LogP contribution in [0.25, 0.3) is 0 Å². The minimum atomic E-state index is 0.425. The first kappa shape index (κ1) is 15.8. The lowest BCUT2D eigenvalue weighted by Crippen LogP contribution is -2.48. The number of nitrogens with one attached hydrogen (secondary N) is 1. The van der Waals surface area contributed by atoms with Crippen molar-refractivity contribution < 1.29 is 9.47 Å². The van der Waals surface area contributed by atoms with E-state index in [4.69, 9.17) is 9.47 Å². The van der Waals surface area contributed by atoms with Crippen molar-refractivity contribution in [2.24, 2.45) is 0 Å². The van der Waals surface area contributed by atoms with Crippen molar-refractivity contribution in [1.29, 1.82) is 0 Å². The van der Waals surface area contributed by atoms with Crippen molar-refractivity contribution in [3.05, 3.63) is 0 Å². The maximum atomic E-state index is 5.22. The molecule has 0 aromatic carbocycles. The van der Waals surface area contributed by atoms with Crippen LogP contribution < -0.4 is 5.32 Å². The number of ether oxygens (including phenoxy) is 2. The van der Waals surface area contributed by atoms with Crippen LogP contribution in [0.1, 0.15) is 20.8 Å². The Bertz CT molecular complexity index is 156. The molecule has 0 aromatic heterocycles. The molecular weight excluding hydrogens is 204 g/mol. The van der Waals surface area contributed by atoms with Gasteiger partial charge in [-0.05, 0) is 20.4 Å². The highest BCUT2D eigenvalue weighted by atomic mass is 16.5. The van der Waals surface area contributed by atoms with Gasteiger partial charge in [-0.2, -0.15) is 0 Å². The van der Waals surface area contributed by atoms with E-state index < -0.39 is 0 Å². The van der Waals surface area contributed by atoms with Crippen molar-refractivity contribution in [2.45, 2.75) is 32.9 Å². The van der Waals surface area contributed by atoms with E-state index in [1.807, 2.05) is 0 Å². The summed E-state index contributed by atoms with van der Waals surface area (Å²) in [4.78, 5) is 2.43. The molecule has 0 spiro atoms. The van der Waals surface area contributed by atoms with Gasteiger partial charge in [-0.15, -0.1) is 0 Å². The average Bonchev–Trinajstić information content (AvgIpc) is 2.27. The Morgan fingerprint density at radius 3 is 2.31 bits per heavy atom. The van der Waals surface area contributed by atoms with Crippen molar-refractivity contribution in [1.82, 2.24) is 10.2 Å². The molecule has 0 saturated heterocycles. The van der Waals surface area contributed by atoms with Gasteiger partial charge in [-0.3, -0.25) is 4.90 Å². The van der Waals surface area contributed by atoms with Crippen molar-refractivity contribution in [3.63, 3.8) is 0 Å². The van der Waals surface area contributed by atoms with Gasteiger partial charge in [0, 0.05) is 39.4 Å². The number of rotatable bonds is 10. The van der Waals surface area contributed by atoms with E-state index in [9.17, 15) is 0 Å². The van der Waals surface area contributed by atoms with E-state index in [0.29, 0.717) is 12.1 Å². The second-order valence-corrected chi connectivity index (χ2v) is 4.19. The molecule has 0 bridgehead atoms. The van der Waals surface area contributed by atoms with Gasteiger partial charge < -0.3 is 14.8 Å². The molecule has 0 amide bonds. The van der Waals surface area contributed by atoms with E-state index in [1.54, 1.807) is 14.2 Å². The Balaban J connectivity index is 4.15. The van der Waals surface area contributed by atoms with Crippen LogP contribution in [-0.4, -0.2) is 64.1 Å². The predicted molar refractivity (Wildman–Crippen MR) is 67.9 cm³/mol. The van der Waals surface area contributed by atoms with E-state index in [-0.39, 0.29) is 0 Å². The lowest BCUT2D eigenvalue weighted by Gasteiger charge is -2.34. The smallest absolute Gasteiger partial charge is 0.0615 e. The molecule has 0 aliphatic carbocycles. The maximum Gasteiger partial charge on any atom is 0.0615 e. The largest absolute Gasteiger partial charge is 0.383 e. The number of nitrogens with zero attached hydrogens (tertiary/aromatic N) is 1. The van der Waals surface area contributed by atoms with Crippen LogP contribution in [0.15, 0.2) is 0 Å². The van der Waals surface area contributed by atoms with Crippen LogP contribution in [0, 0.1) is 0 Å². The molecule has 2 atom stereocenters. The molecule has 0 radical (unpaired) electrons. The molecule has 16 heavy (non-hydrogen) atoms. The standard InChI is InChI=1S/C12H28N2O2/c1-6-13-9-11(2)14(7-8-15-4)12(3)10-16-5/h11-13H,6-10H2,1-5H3. The second kappa shape index (κ2) is 10.0. The number of hydrogen-bond donors (Lipinski definition) is 1. The Morgan fingerprint density at radius 2 is 1.81 bits per heavy atom. The zero-order chi connectivity index (χ0) is 12.4. The highest BCUT2D eigenvalue weighted by molar-refractivity contribution is 4.75. The molecule has 2 unspecified atom stereocenters. The van der Waals surface area contributed by atoms with Gasteiger partial charge in [0.05, 0.1) is 13.2 Å². The van der Waals surface area contributed by atoms with Gasteiger partial charge in [0.1, 0.15) is 0 Å². The van der Waals surface area contributed by atoms with Crippen molar-refractivity contribution in [3.8, 4) is 0 Å². The van der Waals surface area contributed by atoms with Crippen LogP contribution in [0.2, 0.25) is 0 Å². The molecular formula is C12H28N2O2. The summed E-state index contributed by atoms with van der Waals surface area (Å²) in [5.74, 6) is 0. The summed E-state index contributed by atoms with van der Waals surface area (Å²) < 4.78 is 10.4. The molecule has 0 fully saturated rings. The van der Waals surface area contributed by atoms with E-state index in [1.165, 1.54) is 0 Å². The molecule has 0 heterocycles. The normalized spacial score (nSPS) is 15.4. The summed E-state index contributed by atoms with van der Waals surface area (Å²) in [6.07, 6.45) is 0. The monoisotopic (exact) mass is 232 g/mol. The molecule has 0 aliphatic rings. The highest BCUT2D eigenvalue weighted by Crippen LogP contribution is 2.05. The van der Waals surface area contributed by atoms with Gasteiger partial charge in [0.15, 0.2) is 0 Å². The minimum absolute atomic E-state index is 0.425. The molecule has 0 saturated carbocycles. The molecule has 98 valence electrons. The van der Waals surface area contributed by atoms with Crippen LogP contribution in [0.4, 0.5) is 0 Å². The topological polar surface area (TPSA) is 33.7 Å². The molecule has 0 aromatic rings. The quantitative estimate of drug-likeness (QED) is 0.608. The third kappa shape index (κ3) is 6.43. The van der Waals surface area contributed by atoms with Crippen LogP contribution in [0.3, 0.4) is 0 Å². The van der Waals surface area contributed by atoms with E-state index >= 15 is 0 Å². The predicted octanol–water partition coefficient (Wildman–Crippen LogP) is 0.968. The minimum Gasteiger partial charge on any atom is -0.383 e. The Hall–Kier alpha value is -0.160. The van der Waals surface area contributed by atoms with Crippen LogP contribution in [-0.2, 0) is 9.47 Å². The summed E-state index contributed by atoms with van der Waals surface area (Å²) in [6.45, 7) is 11.1. The number of methoxy groups -OCH3 is 2. The molecule has 0 rings (SSSR count). The molecule has 4 heteroatoms. The first-order chi connectivity index (χ1) is 7.67. The number of hydrogen-bond acceptors (Lipinski definition) is 4. The van der Waals surface area contributed by atoms with E-state index in [0.717, 1.165) is 32.8 Å². The summed E-state index contributed by atoms with van der Waals surface area (Å²) in [6, 6.07) is 0.925. The third-order valence-electron chi connectivity index (χ3n) is 2.78. The zero-order valence-corrected chi connectivity index (χ0v) is 11.5. The third-order valence-corrected chi connectivity index (χ3v) is 2.78. The highest BCUT2D eigenvalue weighted by Gasteiger charge is 2.19. The molecule has 4 nitrogen and oxygen atoms in total. The second-order valence-electron chi connectivity index (χ2n) is 4.19. The first-order valence-corrected chi connectivity index (χ1v) is 6.11. The summed E-state index contributed by atoms with van der Waals surface area (Å²) in [7, 11) is 3.49. The lowest BCUT2D eigenvalue weighted by molar-refractivity contribution is 0.0518. The fraction of sp³-hybridized carbons (Fsp3) is 1.00. The molecule has 1 N–H and O–H groups in total. The van der Waals surface area contributed by atoms with Gasteiger partial charge in [0.2, 0.25) is 0 Å². The Labute approximate surface area is 100 Å². The van der Waals surface area contributed by atoms with E-state index in [2.05, 4.69) is 31.0 Å². The fourth-order valence-electron chi connectivity index (χ4n) is 1.88. The van der Waals surface area contributed by atoms with Crippen LogP contribution >= 0.6 is 0 Å². The summed E-state index contributed by atoms with van der Waals surface area (Å²) in [5.41, 5.74) is 0. The van der Waals surface area contributed by atoms with Crippen molar-refractivity contribution >= 4 is 0 Å². The summed E-state index contributed by atoms with van der Waals surface area (Å²) in [5, 5.41) is 3.38. The average molecular weight is 232 g/mol. The van der Waals surface area contributed by atoms with Gasteiger partial charge in [-0.25, -0.2) is 0 Å². The first-order valence-electron chi connectivity index (χ1n) is 6.11. The SMILES string of the molecule is CCNCC(C)N(CCOC)C(C)COC. The van der Waals surface area contributed by atoms with Gasteiger partial charge >= 0.3 is 0 Å². The molecule has 0 aliphatic heterocycles. The van der Waals surface area contributed by atoms with Gasteiger partial charge in [0.25, 0.3) is 0 Å². The maximum absolute atomic E-state index is 5.22. The number of likely N-dealkylation sites (N-methyl/N-ethyl adjacent to an activating group) is 1. The summed E-state index contributed by atoms with van der Waals surface area (Å²) >= 11 is 0. The Morgan fingerprint density at radius 1 is 1.12 bits per heavy atom. The van der Waals surface area contributed by atoms with Crippen molar-refractivity contribution in [2.75, 3.05) is 47.1 Å². The van der Waals surface area contributed by atoms with Gasteiger partial charge in [-0.1, -0.05) is 6.92 Å². The Kier molecular flexibility index (Phi) is 9.92.